The Kier molecular flexibility index (Phi) is 6.04. The molecule has 3 aromatic rings. The predicted octanol–water partition coefficient (Wildman–Crippen LogP) is 6.18. The van der Waals surface area contributed by atoms with Crippen LogP contribution in [0.4, 0.5) is 5.69 Å². The lowest BCUT2D eigenvalue weighted by Crippen LogP contribution is -2.50. The number of nitrogens with zero attached hydrogens (tertiary/aromatic N) is 2. The molecule has 0 amide bonds. The van der Waals surface area contributed by atoms with Crippen molar-refractivity contribution in [3.63, 3.8) is 0 Å². The van der Waals surface area contributed by atoms with Gasteiger partial charge in [0.1, 0.15) is 12.0 Å². The molecule has 5 heteroatoms. The molecule has 2 aromatic carbocycles. The van der Waals surface area contributed by atoms with E-state index >= 15 is 0 Å². The Hall–Kier alpha value is -3.54. The highest BCUT2D eigenvalue weighted by molar-refractivity contribution is 5.80. The molecule has 36 heavy (non-hydrogen) atoms. The Balaban J connectivity index is 1.27. The van der Waals surface area contributed by atoms with Gasteiger partial charge in [0, 0.05) is 25.0 Å². The average molecular weight is 480 g/mol. The Morgan fingerprint density at radius 2 is 1.86 bits per heavy atom. The molecular weight excluding hydrogens is 446 g/mol. The first kappa shape index (κ1) is 22.9. The molecular formula is C31H33N3O2. The van der Waals surface area contributed by atoms with Gasteiger partial charge in [-0.05, 0) is 78.8 Å². The molecule has 3 aliphatic rings. The number of ether oxygens (including phenoxy) is 1. The summed E-state index contributed by atoms with van der Waals surface area (Å²) in [6, 6.07) is 18.9. The first-order valence-electron chi connectivity index (χ1n) is 12.9. The molecule has 2 aliphatic heterocycles. The average Bonchev–Trinajstić information content (AvgIpc) is 3.40. The minimum Gasteiger partial charge on any atom is -0.497 e. The van der Waals surface area contributed by atoms with E-state index in [0.29, 0.717) is 0 Å². The van der Waals surface area contributed by atoms with Gasteiger partial charge in [-0.2, -0.15) is 0 Å². The minimum absolute atomic E-state index is 0.162. The monoisotopic (exact) mass is 479 g/mol. The topological polar surface area (TPSA) is 49.7 Å². The molecule has 5 nitrogen and oxygen atoms in total. The molecule has 1 saturated heterocycles. The molecule has 1 spiro atoms. The van der Waals surface area contributed by atoms with Crippen LogP contribution in [0.25, 0.3) is 11.3 Å². The summed E-state index contributed by atoms with van der Waals surface area (Å²) in [4.78, 5) is 2.16. The zero-order valence-corrected chi connectivity index (χ0v) is 20.7. The SMILES string of the molecule is COc1cccc(C(O)N2CCC3(CC2)Nc2cc(C4=C/C=C\CC/C=C\4)ccc2-n2cccc23)c1. The van der Waals surface area contributed by atoms with Crippen molar-refractivity contribution in [1.82, 2.24) is 9.47 Å². The zero-order chi connectivity index (χ0) is 24.5. The Labute approximate surface area is 213 Å². The van der Waals surface area contributed by atoms with E-state index in [-0.39, 0.29) is 5.54 Å². The van der Waals surface area contributed by atoms with Crippen molar-refractivity contribution < 1.29 is 9.84 Å². The first-order chi connectivity index (χ1) is 17.7. The van der Waals surface area contributed by atoms with Crippen LogP contribution in [0, 0.1) is 0 Å². The fourth-order valence-corrected chi connectivity index (χ4v) is 5.79. The Morgan fingerprint density at radius 1 is 1.00 bits per heavy atom. The van der Waals surface area contributed by atoms with E-state index in [1.165, 1.54) is 28.2 Å². The lowest BCUT2D eigenvalue weighted by molar-refractivity contribution is -0.0220. The number of aromatic nitrogens is 1. The highest BCUT2D eigenvalue weighted by Crippen LogP contribution is 2.45. The fourth-order valence-electron chi connectivity index (χ4n) is 5.79. The first-order valence-corrected chi connectivity index (χ1v) is 12.9. The Morgan fingerprint density at radius 3 is 2.72 bits per heavy atom. The zero-order valence-electron chi connectivity index (χ0n) is 20.7. The summed E-state index contributed by atoms with van der Waals surface area (Å²) in [5, 5.41) is 15.1. The lowest BCUT2D eigenvalue weighted by Gasteiger charge is -2.47. The van der Waals surface area contributed by atoms with Crippen LogP contribution >= 0.6 is 0 Å². The molecule has 0 saturated carbocycles. The van der Waals surface area contributed by atoms with E-state index in [1.54, 1.807) is 7.11 Å². The van der Waals surface area contributed by atoms with Crippen LogP contribution in [-0.4, -0.2) is 34.8 Å². The smallest absolute Gasteiger partial charge is 0.133 e. The summed E-state index contributed by atoms with van der Waals surface area (Å²) < 4.78 is 7.70. The number of aliphatic hydroxyl groups excluding tert-OH is 1. The van der Waals surface area contributed by atoms with E-state index in [1.807, 2.05) is 24.3 Å². The summed E-state index contributed by atoms with van der Waals surface area (Å²) in [5.41, 5.74) is 6.82. The predicted molar refractivity (Wildman–Crippen MR) is 145 cm³/mol. The number of anilines is 1. The molecule has 0 radical (unpaired) electrons. The van der Waals surface area contributed by atoms with Crippen LogP contribution in [0.3, 0.4) is 0 Å². The highest BCUT2D eigenvalue weighted by Gasteiger charge is 2.42. The van der Waals surface area contributed by atoms with Gasteiger partial charge in [0.15, 0.2) is 0 Å². The van der Waals surface area contributed by atoms with Gasteiger partial charge in [0.05, 0.1) is 24.0 Å². The van der Waals surface area contributed by atoms with Crippen LogP contribution in [0.1, 0.15) is 48.7 Å². The number of hydrogen-bond acceptors (Lipinski definition) is 4. The number of hydrogen-bond donors (Lipinski definition) is 2. The number of methoxy groups -OCH3 is 1. The summed E-state index contributed by atoms with van der Waals surface area (Å²) >= 11 is 0. The quantitative estimate of drug-likeness (QED) is 0.469. The largest absolute Gasteiger partial charge is 0.497 e. The number of aliphatic hydroxyl groups is 1. The molecule has 1 atom stereocenters. The highest BCUT2D eigenvalue weighted by atomic mass is 16.5. The molecule has 1 fully saturated rings. The third kappa shape index (κ3) is 4.08. The van der Waals surface area contributed by atoms with Gasteiger partial charge in [-0.3, -0.25) is 4.90 Å². The van der Waals surface area contributed by atoms with Gasteiger partial charge in [-0.25, -0.2) is 0 Å². The van der Waals surface area contributed by atoms with E-state index < -0.39 is 6.23 Å². The van der Waals surface area contributed by atoms with Gasteiger partial charge in [-0.15, -0.1) is 0 Å². The van der Waals surface area contributed by atoms with Crippen LogP contribution in [0.15, 0.2) is 91.2 Å². The van der Waals surface area contributed by atoms with Gasteiger partial charge < -0.3 is 19.7 Å². The van der Waals surface area contributed by atoms with Crippen molar-refractivity contribution in [2.75, 3.05) is 25.5 Å². The van der Waals surface area contributed by atoms with Crippen molar-refractivity contribution in [3.8, 4) is 11.4 Å². The van der Waals surface area contributed by atoms with Crippen LogP contribution in [-0.2, 0) is 5.54 Å². The molecule has 0 bridgehead atoms. The van der Waals surface area contributed by atoms with Crippen LogP contribution in [0.2, 0.25) is 0 Å². The number of allylic oxidation sites excluding steroid dienone is 6. The number of fused-ring (bicyclic) bond motifs is 4. The summed E-state index contributed by atoms with van der Waals surface area (Å²) in [6.07, 6.45) is 16.6. The van der Waals surface area contributed by atoms with Crippen molar-refractivity contribution in [1.29, 1.82) is 0 Å². The van der Waals surface area contributed by atoms with Crippen molar-refractivity contribution in [2.45, 2.75) is 37.5 Å². The minimum atomic E-state index is -0.641. The van der Waals surface area contributed by atoms with Crippen LogP contribution < -0.4 is 10.1 Å². The van der Waals surface area contributed by atoms with E-state index in [4.69, 9.17) is 4.74 Å². The molecule has 2 N–H and O–H groups in total. The standard InChI is InChI=1S/C31H33N3O2/c1-36-26-12-7-11-25(21-26)30(35)33-19-16-31(17-20-33)29-13-8-18-34(29)28-15-14-24(22-27(28)32-31)23-9-5-3-2-4-6-10-23/h3,5-15,18,21-22,30,32,35H,2,4,16-17,19-20H2,1H3/b5-3-,10-6-,23-9+. The van der Waals surface area contributed by atoms with Gasteiger partial charge >= 0.3 is 0 Å². The fraction of sp³-hybridized carbons (Fsp3) is 0.290. The van der Waals surface area contributed by atoms with Crippen molar-refractivity contribution in [2.24, 2.45) is 0 Å². The Bertz CT molecular complexity index is 1340. The van der Waals surface area contributed by atoms with E-state index in [0.717, 1.165) is 50.1 Å². The lowest BCUT2D eigenvalue weighted by atomic mass is 9.82. The summed E-state index contributed by atoms with van der Waals surface area (Å²) in [7, 11) is 1.66. The molecule has 6 rings (SSSR count). The maximum Gasteiger partial charge on any atom is 0.133 e. The van der Waals surface area contributed by atoms with Crippen LogP contribution in [0.5, 0.6) is 5.75 Å². The maximum atomic E-state index is 11.1. The van der Waals surface area contributed by atoms with E-state index in [9.17, 15) is 5.11 Å². The number of piperidine rings is 1. The van der Waals surface area contributed by atoms with Crippen molar-refractivity contribution in [3.05, 3.63) is 108 Å². The third-order valence-electron chi connectivity index (χ3n) is 7.80. The third-order valence-corrected chi connectivity index (χ3v) is 7.80. The summed E-state index contributed by atoms with van der Waals surface area (Å²) in [5.74, 6) is 0.768. The molecule has 1 aromatic heterocycles. The molecule has 184 valence electrons. The number of rotatable bonds is 4. The van der Waals surface area contributed by atoms with E-state index in [2.05, 4.69) is 81.7 Å². The van der Waals surface area contributed by atoms with Crippen molar-refractivity contribution >= 4 is 11.3 Å². The van der Waals surface area contributed by atoms with Gasteiger partial charge in [0.25, 0.3) is 0 Å². The molecule has 1 aliphatic carbocycles. The summed E-state index contributed by atoms with van der Waals surface area (Å²) in [6.45, 7) is 1.59. The molecule has 1 unspecified atom stereocenters. The van der Waals surface area contributed by atoms with Gasteiger partial charge in [-0.1, -0.05) is 48.6 Å². The number of nitrogens with one attached hydrogen (secondary N) is 1. The number of likely N-dealkylation sites (tertiary alicyclic amines) is 1. The number of benzene rings is 2. The molecule has 3 heterocycles. The second-order valence-electron chi connectivity index (χ2n) is 9.92. The second-order valence-corrected chi connectivity index (χ2v) is 9.92. The van der Waals surface area contributed by atoms with Gasteiger partial charge in [0.2, 0.25) is 0 Å². The maximum absolute atomic E-state index is 11.1. The normalized spacial score (nSPS) is 22.7. The second kappa shape index (κ2) is 9.49.